The molecule has 2 atom stereocenters. The molecule has 0 bridgehead atoms. The second kappa shape index (κ2) is 6.38. The van der Waals surface area contributed by atoms with Crippen molar-refractivity contribution in [3.63, 3.8) is 0 Å². The van der Waals surface area contributed by atoms with Gasteiger partial charge in [-0.3, -0.25) is 14.7 Å². The lowest BCUT2D eigenvalue weighted by molar-refractivity contribution is -0.136. The first kappa shape index (κ1) is 17.3. The highest BCUT2D eigenvalue weighted by Gasteiger charge is 2.56. The summed E-state index contributed by atoms with van der Waals surface area (Å²) in [6.07, 6.45) is 2.95. The van der Waals surface area contributed by atoms with E-state index in [0.29, 0.717) is 12.2 Å². The molecule has 1 aromatic heterocycles. The van der Waals surface area contributed by atoms with Gasteiger partial charge in [0, 0.05) is 23.2 Å². The van der Waals surface area contributed by atoms with E-state index < -0.39 is 10.9 Å². The molecule has 2 aromatic carbocycles. The molecular formula is C21H20N4O2S. The van der Waals surface area contributed by atoms with Crippen LogP contribution in [0, 0.1) is 6.92 Å². The summed E-state index contributed by atoms with van der Waals surface area (Å²) in [5.74, 6) is 0.516. The zero-order valence-corrected chi connectivity index (χ0v) is 16.3. The van der Waals surface area contributed by atoms with E-state index in [0.717, 1.165) is 34.1 Å². The molecule has 142 valence electrons. The number of nitrogens with zero attached hydrogens (tertiary/aromatic N) is 2. The van der Waals surface area contributed by atoms with Gasteiger partial charge in [0.25, 0.3) is 0 Å². The average molecular weight is 392 g/mol. The molecule has 0 saturated carbocycles. The maximum Gasteiger partial charge on any atom is 0.248 e. The van der Waals surface area contributed by atoms with E-state index in [-0.39, 0.29) is 11.8 Å². The largest absolute Gasteiger partial charge is 0.324 e. The van der Waals surface area contributed by atoms with E-state index in [1.54, 1.807) is 18.0 Å². The molecule has 2 saturated heterocycles. The monoisotopic (exact) mass is 392 g/mol. The van der Waals surface area contributed by atoms with Gasteiger partial charge in [-0.2, -0.15) is 5.10 Å². The molecule has 3 aromatic rings. The van der Waals surface area contributed by atoms with Crippen molar-refractivity contribution in [2.75, 3.05) is 11.1 Å². The fourth-order valence-electron chi connectivity index (χ4n) is 4.29. The molecule has 0 aliphatic carbocycles. The number of rotatable bonds is 3. The van der Waals surface area contributed by atoms with Crippen molar-refractivity contribution in [2.45, 2.75) is 30.7 Å². The Hall–Kier alpha value is -2.80. The minimum atomic E-state index is -0.473. The topological polar surface area (TPSA) is 78.1 Å². The summed E-state index contributed by atoms with van der Waals surface area (Å²) in [5, 5.41) is 11.0. The molecule has 5 rings (SSSR count). The summed E-state index contributed by atoms with van der Waals surface area (Å²) < 4.78 is 0. The Morgan fingerprint density at radius 1 is 1.32 bits per heavy atom. The number of benzene rings is 2. The highest BCUT2D eigenvalue weighted by molar-refractivity contribution is 8.00. The lowest BCUT2D eigenvalue weighted by atomic mass is 10.0. The second-order valence-electron chi connectivity index (χ2n) is 7.35. The van der Waals surface area contributed by atoms with Crippen LogP contribution in [0.3, 0.4) is 0 Å². The van der Waals surface area contributed by atoms with Crippen LogP contribution in [0.1, 0.15) is 24.0 Å². The van der Waals surface area contributed by atoms with Crippen LogP contribution in [0.2, 0.25) is 0 Å². The average Bonchev–Trinajstić information content (AvgIpc) is 3.39. The zero-order valence-electron chi connectivity index (χ0n) is 15.4. The number of nitrogens with one attached hydrogen (secondary N) is 2. The summed E-state index contributed by atoms with van der Waals surface area (Å²) in [4.78, 5) is 27.3. The number of carbonyl (C=O) groups excluding carboxylic acids is 2. The number of aromatic amines is 1. The summed E-state index contributed by atoms with van der Waals surface area (Å²) in [5.41, 5.74) is 3.74. The number of aryl methyl sites for hydroxylation is 1. The first-order valence-corrected chi connectivity index (χ1v) is 10.3. The van der Waals surface area contributed by atoms with Crippen LogP contribution in [0.4, 0.5) is 5.69 Å². The van der Waals surface area contributed by atoms with Gasteiger partial charge in [0.2, 0.25) is 11.8 Å². The standard InChI is InChI=1S/C21H20N4O2S/c1-13-9-17-14(11-22-24-17)10-16(13)23-20(27)18-12-28-21(8-7-19(26)25(18)21)15-5-3-2-4-6-15/h2-6,9-11,18H,7-8,12H2,1H3,(H,22,24)(H,23,27)/t18-,21-/m1/s1. The van der Waals surface area contributed by atoms with Crippen LogP contribution in [0.5, 0.6) is 0 Å². The lowest BCUT2D eigenvalue weighted by Crippen LogP contribution is -2.48. The number of H-pyrrole nitrogens is 1. The molecule has 2 aliphatic rings. The quantitative estimate of drug-likeness (QED) is 0.716. The van der Waals surface area contributed by atoms with Gasteiger partial charge in [-0.05, 0) is 36.6 Å². The smallest absolute Gasteiger partial charge is 0.248 e. The first-order valence-electron chi connectivity index (χ1n) is 9.35. The van der Waals surface area contributed by atoms with Gasteiger partial charge >= 0.3 is 0 Å². The first-order chi connectivity index (χ1) is 13.6. The van der Waals surface area contributed by atoms with Gasteiger partial charge in [-0.25, -0.2) is 0 Å². The van der Waals surface area contributed by atoms with Crippen LogP contribution in [0.25, 0.3) is 10.9 Å². The number of anilines is 1. The van der Waals surface area contributed by atoms with Crippen LogP contribution >= 0.6 is 11.8 Å². The Balaban J connectivity index is 1.45. The zero-order chi connectivity index (χ0) is 19.3. The number of amides is 2. The van der Waals surface area contributed by atoms with E-state index in [9.17, 15) is 9.59 Å². The Labute approximate surface area is 166 Å². The number of thioether (sulfide) groups is 1. The van der Waals surface area contributed by atoms with Gasteiger partial charge in [-0.1, -0.05) is 30.3 Å². The molecule has 2 fully saturated rings. The third-order valence-corrected chi connectivity index (χ3v) is 7.29. The second-order valence-corrected chi connectivity index (χ2v) is 8.65. The van der Waals surface area contributed by atoms with E-state index in [2.05, 4.69) is 27.6 Å². The molecular weight excluding hydrogens is 372 g/mol. The molecule has 2 amide bonds. The number of hydrogen-bond donors (Lipinski definition) is 2. The summed E-state index contributed by atoms with van der Waals surface area (Å²) in [6, 6.07) is 13.5. The fourth-order valence-corrected chi connectivity index (χ4v) is 5.94. The normalized spacial score (nSPS) is 24.0. The van der Waals surface area contributed by atoms with E-state index in [4.69, 9.17) is 0 Å². The number of carbonyl (C=O) groups is 2. The Morgan fingerprint density at radius 3 is 2.96 bits per heavy atom. The SMILES string of the molecule is Cc1cc2[nH]ncc2cc1NC(=O)[C@H]1CS[C@@]2(c3ccccc3)CCC(=O)N12. The van der Waals surface area contributed by atoms with Crippen LogP contribution < -0.4 is 5.32 Å². The molecule has 0 unspecified atom stereocenters. The third kappa shape index (κ3) is 2.53. The highest BCUT2D eigenvalue weighted by Crippen LogP contribution is 2.54. The molecule has 3 heterocycles. The maximum absolute atomic E-state index is 13.2. The fraction of sp³-hybridized carbons (Fsp3) is 0.286. The summed E-state index contributed by atoms with van der Waals surface area (Å²) >= 11 is 1.70. The number of fused-ring (bicyclic) bond motifs is 2. The van der Waals surface area contributed by atoms with Crippen molar-refractivity contribution >= 4 is 40.2 Å². The number of hydrogen-bond acceptors (Lipinski definition) is 4. The van der Waals surface area contributed by atoms with E-state index in [1.165, 1.54) is 0 Å². The summed E-state index contributed by atoms with van der Waals surface area (Å²) in [7, 11) is 0. The molecule has 2 N–H and O–H groups in total. The minimum Gasteiger partial charge on any atom is -0.324 e. The van der Waals surface area contributed by atoms with Crippen LogP contribution in [0.15, 0.2) is 48.7 Å². The molecule has 28 heavy (non-hydrogen) atoms. The van der Waals surface area contributed by atoms with Gasteiger partial charge in [0.05, 0.1) is 11.7 Å². The van der Waals surface area contributed by atoms with E-state index in [1.807, 2.05) is 42.2 Å². The van der Waals surface area contributed by atoms with Gasteiger partial charge in [0.15, 0.2) is 0 Å². The predicted molar refractivity (Wildman–Crippen MR) is 110 cm³/mol. The van der Waals surface area contributed by atoms with Crippen molar-refractivity contribution in [3.8, 4) is 0 Å². The van der Waals surface area contributed by atoms with Crippen LogP contribution in [-0.4, -0.2) is 38.7 Å². The third-order valence-electron chi connectivity index (χ3n) is 5.70. The van der Waals surface area contributed by atoms with Gasteiger partial charge in [-0.15, -0.1) is 11.8 Å². The number of aromatic nitrogens is 2. The predicted octanol–water partition coefficient (Wildman–Crippen LogP) is 3.40. The summed E-state index contributed by atoms with van der Waals surface area (Å²) in [6.45, 7) is 1.95. The van der Waals surface area contributed by atoms with Gasteiger partial charge < -0.3 is 10.2 Å². The molecule has 2 aliphatic heterocycles. The van der Waals surface area contributed by atoms with Crippen molar-refractivity contribution in [2.24, 2.45) is 0 Å². The van der Waals surface area contributed by atoms with E-state index >= 15 is 0 Å². The molecule has 6 nitrogen and oxygen atoms in total. The Morgan fingerprint density at radius 2 is 2.14 bits per heavy atom. The maximum atomic E-state index is 13.2. The molecule has 7 heteroatoms. The Kier molecular flexibility index (Phi) is 3.94. The highest BCUT2D eigenvalue weighted by atomic mass is 32.2. The Bertz CT molecular complexity index is 1080. The van der Waals surface area contributed by atoms with Crippen LogP contribution in [-0.2, 0) is 14.5 Å². The minimum absolute atomic E-state index is 0.0519. The molecule has 0 radical (unpaired) electrons. The van der Waals surface area contributed by atoms with Crippen molar-refractivity contribution in [1.29, 1.82) is 0 Å². The van der Waals surface area contributed by atoms with Crippen molar-refractivity contribution in [3.05, 3.63) is 59.8 Å². The molecule has 0 spiro atoms. The van der Waals surface area contributed by atoms with Crippen molar-refractivity contribution < 1.29 is 9.59 Å². The lowest BCUT2D eigenvalue weighted by Gasteiger charge is -2.34. The van der Waals surface area contributed by atoms with Crippen molar-refractivity contribution in [1.82, 2.24) is 15.1 Å². The van der Waals surface area contributed by atoms with Gasteiger partial charge in [0.1, 0.15) is 10.9 Å².